The second-order valence-corrected chi connectivity index (χ2v) is 5.07. The van der Waals surface area contributed by atoms with Crippen molar-refractivity contribution < 1.29 is 4.79 Å². The molecule has 1 aliphatic rings. The number of nitrogens with one attached hydrogen (secondary N) is 1. The highest BCUT2D eigenvalue weighted by Crippen LogP contribution is 2.28. The van der Waals surface area contributed by atoms with Gasteiger partial charge in [-0.15, -0.1) is 11.6 Å². The first-order chi connectivity index (χ1) is 7.65. The number of aromatic nitrogens is 2. The first-order valence-corrected chi connectivity index (χ1v) is 5.99. The molecule has 0 saturated heterocycles. The third kappa shape index (κ3) is 2.76. The monoisotopic (exact) mass is 241 g/mol. The second-order valence-electron chi connectivity index (χ2n) is 4.42. The first-order valence-electron chi connectivity index (χ1n) is 5.55. The van der Waals surface area contributed by atoms with Gasteiger partial charge in [0, 0.05) is 25.0 Å². The van der Waals surface area contributed by atoms with Gasteiger partial charge in [0.1, 0.15) is 5.38 Å². The molecule has 16 heavy (non-hydrogen) atoms. The molecule has 1 aromatic heterocycles. The zero-order chi connectivity index (χ0) is 11.5. The number of rotatable bonds is 4. The fourth-order valence-electron chi connectivity index (χ4n) is 2.01. The number of hydrogen-bond donors (Lipinski definition) is 1. The molecule has 0 spiro atoms. The lowest BCUT2D eigenvalue weighted by Crippen LogP contribution is -2.47. The van der Waals surface area contributed by atoms with Crippen LogP contribution in [0.4, 0.5) is 0 Å². The summed E-state index contributed by atoms with van der Waals surface area (Å²) in [4.78, 5) is 15.3. The van der Waals surface area contributed by atoms with Gasteiger partial charge in [-0.05, 0) is 25.7 Å². The Labute approximate surface area is 100.0 Å². The van der Waals surface area contributed by atoms with E-state index in [2.05, 4.69) is 14.9 Å². The van der Waals surface area contributed by atoms with Crippen LogP contribution in [0.5, 0.6) is 0 Å². The molecule has 1 amide bonds. The normalized spacial score (nSPS) is 25.9. The second kappa shape index (κ2) is 4.87. The largest absolute Gasteiger partial charge is 0.352 e. The van der Waals surface area contributed by atoms with Crippen molar-refractivity contribution in [3.63, 3.8) is 0 Å². The summed E-state index contributed by atoms with van der Waals surface area (Å²) < 4.78 is 2.08. The molecule has 0 aliphatic heterocycles. The summed E-state index contributed by atoms with van der Waals surface area (Å²) in [6, 6.07) is 0.308. The van der Waals surface area contributed by atoms with E-state index in [-0.39, 0.29) is 5.91 Å². The molecule has 1 N–H and O–H groups in total. The highest BCUT2D eigenvalue weighted by Gasteiger charge is 2.30. The van der Waals surface area contributed by atoms with E-state index in [0.29, 0.717) is 12.0 Å². The van der Waals surface area contributed by atoms with Gasteiger partial charge in [-0.2, -0.15) is 0 Å². The van der Waals surface area contributed by atoms with Gasteiger partial charge in [0.25, 0.3) is 0 Å². The van der Waals surface area contributed by atoms with Crippen LogP contribution in [0.2, 0.25) is 0 Å². The van der Waals surface area contributed by atoms with E-state index in [1.165, 1.54) is 0 Å². The van der Waals surface area contributed by atoms with E-state index < -0.39 is 5.38 Å². The van der Waals surface area contributed by atoms with Crippen LogP contribution in [-0.2, 0) is 11.3 Å². The van der Waals surface area contributed by atoms with Crippen molar-refractivity contribution in [2.45, 2.75) is 37.7 Å². The molecule has 0 bridgehead atoms. The summed E-state index contributed by atoms with van der Waals surface area (Å²) in [5.74, 6) is 0.581. The molecule has 1 unspecified atom stereocenters. The van der Waals surface area contributed by atoms with Crippen LogP contribution in [-0.4, -0.2) is 26.9 Å². The summed E-state index contributed by atoms with van der Waals surface area (Å²) >= 11 is 5.68. The maximum absolute atomic E-state index is 11.3. The number of nitrogens with zero attached hydrogens (tertiary/aromatic N) is 2. The van der Waals surface area contributed by atoms with Crippen molar-refractivity contribution in [2.24, 2.45) is 5.92 Å². The minimum absolute atomic E-state index is 0.0623. The topological polar surface area (TPSA) is 46.9 Å². The van der Waals surface area contributed by atoms with Crippen molar-refractivity contribution in [3.05, 3.63) is 18.7 Å². The van der Waals surface area contributed by atoms with Crippen LogP contribution in [0.15, 0.2) is 18.7 Å². The molecule has 1 atom stereocenters. The average Bonchev–Trinajstić information content (AvgIpc) is 2.66. The van der Waals surface area contributed by atoms with E-state index in [9.17, 15) is 4.79 Å². The van der Waals surface area contributed by atoms with Gasteiger partial charge in [0.15, 0.2) is 0 Å². The highest BCUT2D eigenvalue weighted by atomic mass is 35.5. The molecule has 88 valence electrons. The number of hydrogen-bond acceptors (Lipinski definition) is 2. The molecule has 1 heterocycles. The molecule has 1 aromatic rings. The van der Waals surface area contributed by atoms with E-state index in [1.54, 1.807) is 13.1 Å². The number of imidazole rings is 1. The van der Waals surface area contributed by atoms with Gasteiger partial charge in [-0.3, -0.25) is 4.79 Å². The van der Waals surface area contributed by atoms with Crippen molar-refractivity contribution in [3.8, 4) is 0 Å². The summed E-state index contributed by atoms with van der Waals surface area (Å²) in [5.41, 5.74) is 0. The number of halogens is 1. The lowest BCUT2D eigenvalue weighted by atomic mass is 9.80. The molecule has 5 heteroatoms. The molecule has 4 nitrogen and oxygen atoms in total. The fourth-order valence-corrected chi connectivity index (χ4v) is 2.07. The van der Waals surface area contributed by atoms with Crippen molar-refractivity contribution in [1.29, 1.82) is 0 Å². The van der Waals surface area contributed by atoms with Gasteiger partial charge in [-0.1, -0.05) is 0 Å². The predicted molar refractivity (Wildman–Crippen MR) is 62.2 cm³/mol. The Morgan fingerprint density at radius 3 is 3.00 bits per heavy atom. The number of carbonyl (C=O) groups is 1. The Morgan fingerprint density at radius 2 is 2.44 bits per heavy atom. The molecule has 1 fully saturated rings. The Kier molecular flexibility index (Phi) is 3.49. The van der Waals surface area contributed by atoms with Crippen molar-refractivity contribution >= 4 is 17.5 Å². The van der Waals surface area contributed by atoms with E-state index in [0.717, 1.165) is 19.4 Å². The molecule has 1 saturated carbocycles. The van der Waals surface area contributed by atoms with Gasteiger partial charge in [0.2, 0.25) is 5.91 Å². The van der Waals surface area contributed by atoms with Crippen LogP contribution in [0.3, 0.4) is 0 Å². The Morgan fingerprint density at radius 1 is 1.69 bits per heavy atom. The highest BCUT2D eigenvalue weighted by molar-refractivity contribution is 6.30. The zero-order valence-electron chi connectivity index (χ0n) is 9.27. The first kappa shape index (κ1) is 11.5. The van der Waals surface area contributed by atoms with E-state index >= 15 is 0 Å². The Hall–Kier alpha value is -1.03. The van der Waals surface area contributed by atoms with Gasteiger partial charge in [-0.25, -0.2) is 4.98 Å². The molecular weight excluding hydrogens is 226 g/mol. The van der Waals surface area contributed by atoms with Gasteiger partial charge >= 0.3 is 0 Å². The minimum atomic E-state index is -0.437. The maximum atomic E-state index is 11.3. The quantitative estimate of drug-likeness (QED) is 0.811. The molecule has 1 aliphatic carbocycles. The minimum Gasteiger partial charge on any atom is -0.352 e. The SMILES string of the molecule is CC(Cl)C(=O)NC1CC(Cn2ccnc2)C1. The molecular formula is C11H16ClN3O. The average molecular weight is 242 g/mol. The Bertz CT molecular complexity index is 344. The van der Waals surface area contributed by atoms with Crippen LogP contribution in [0.1, 0.15) is 19.8 Å². The number of carbonyl (C=O) groups excluding carboxylic acids is 1. The summed E-state index contributed by atoms with van der Waals surface area (Å²) in [6.07, 6.45) is 7.65. The third-order valence-electron chi connectivity index (χ3n) is 2.97. The fraction of sp³-hybridized carbons (Fsp3) is 0.636. The number of amides is 1. The van der Waals surface area contributed by atoms with Gasteiger partial charge in [0.05, 0.1) is 6.33 Å². The van der Waals surface area contributed by atoms with Crippen molar-refractivity contribution in [2.75, 3.05) is 0 Å². The molecule has 0 radical (unpaired) electrons. The van der Waals surface area contributed by atoms with E-state index in [4.69, 9.17) is 11.6 Å². The molecule has 0 aromatic carbocycles. The third-order valence-corrected chi connectivity index (χ3v) is 3.17. The van der Waals surface area contributed by atoms with Gasteiger partial charge < -0.3 is 9.88 Å². The Balaban J connectivity index is 1.68. The van der Waals surface area contributed by atoms with Crippen LogP contribution < -0.4 is 5.32 Å². The zero-order valence-corrected chi connectivity index (χ0v) is 10.0. The van der Waals surface area contributed by atoms with Crippen LogP contribution in [0.25, 0.3) is 0 Å². The molecule has 2 rings (SSSR count). The maximum Gasteiger partial charge on any atom is 0.237 e. The lowest BCUT2D eigenvalue weighted by molar-refractivity contribution is -0.122. The lowest BCUT2D eigenvalue weighted by Gasteiger charge is -2.36. The van der Waals surface area contributed by atoms with Crippen LogP contribution >= 0.6 is 11.6 Å². The van der Waals surface area contributed by atoms with Crippen molar-refractivity contribution in [1.82, 2.24) is 14.9 Å². The summed E-state index contributed by atoms with van der Waals surface area (Å²) in [5, 5.41) is 2.49. The summed E-state index contributed by atoms with van der Waals surface area (Å²) in [7, 11) is 0. The van der Waals surface area contributed by atoms with Crippen LogP contribution in [0, 0.1) is 5.92 Å². The smallest absolute Gasteiger partial charge is 0.237 e. The standard InChI is InChI=1S/C11H16ClN3O/c1-8(12)11(16)14-10-4-9(5-10)6-15-3-2-13-7-15/h2-3,7-10H,4-6H2,1H3,(H,14,16). The summed E-state index contributed by atoms with van der Waals surface area (Å²) in [6.45, 7) is 2.68. The number of alkyl halides is 1. The van der Waals surface area contributed by atoms with E-state index in [1.807, 2.05) is 12.5 Å². The predicted octanol–water partition coefficient (Wildman–Crippen LogP) is 1.41.